The number of carbonyl (C=O) groups excluding carboxylic acids is 1. The smallest absolute Gasteiger partial charge is 0.251 e. The second kappa shape index (κ2) is 7.12. The predicted octanol–water partition coefficient (Wildman–Crippen LogP) is 2.43. The molecule has 0 spiro atoms. The number of anilines is 1. The van der Waals surface area contributed by atoms with Gasteiger partial charge in [0, 0.05) is 22.9 Å². The Balaban J connectivity index is 1.76. The lowest BCUT2D eigenvalue weighted by Crippen LogP contribution is -2.13. The summed E-state index contributed by atoms with van der Waals surface area (Å²) in [6, 6.07) is 13.5. The van der Waals surface area contributed by atoms with Crippen molar-refractivity contribution in [1.29, 1.82) is 0 Å². The zero-order valence-electron chi connectivity index (χ0n) is 15.4. The summed E-state index contributed by atoms with van der Waals surface area (Å²) in [6.07, 6.45) is 1.64. The van der Waals surface area contributed by atoms with E-state index in [1.54, 1.807) is 19.3 Å². The summed E-state index contributed by atoms with van der Waals surface area (Å²) in [5, 5.41) is 12.1. The molecule has 144 valence electrons. The molecule has 0 aliphatic carbocycles. The minimum absolute atomic E-state index is 0.180. The number of tetrazole rings is 1. The number of hydrogen-bond donors (Lipinski definition) is 2. The van der Waals surface area contributed by atoms with Gasteiger partial charge in [0.15, 0.2) is 0 Å². The normalized spacial score (nSPS) is 10.8. The van der Waals surface area contributed by atoms with Gasteiger partial charge in [-0.3, -0.25) is 4.79 Å². The molecular formula is C20H16FN7O. The highest BCUT2D eigenvalue weighted by molar-refractivity contribution is 5.94. The first-order chi connectivity index (χ1) is 13.9. The number of aryl methyl sites for hydroxylation is 1. The van der Waals surface area contributed by atoms with Crippen LogP contribution in [-0.4, -0.2) is 31.1 Å². The topological polar surface area (TPSA) is 126 Å². The number of amides is 1. The maximum Gasteiger partial charge on any atom is 0.251 e. The first kappa shape index (κ1) is 18.2. The van der Waals surface area contributed by atoms with E-state index >= 15 is 0 Å². The maximum atomic E-state index is 14.2. The molecule has 4 aromatic rings. The van der Waals surface area contributed by atoms with E-state index in [-0.39, 0.29) is 11.4 Å². The molecule has 2 heterocycles. The van der Waals surface area contributed by atoms with Gasteiger partial charge in [0.25, 0.3) is 5.91 Å². The van der Waals surface area contributed by atoms with Crippen molar-refractivity contribution in [3.8, 4) is 33.6 Å². The first-order valence-electron chi connectivity index (χ1n) is 8.62. The van der Waals surface area contributed by atoms with Crippen LogP contribution in [0.2, 0.25) is 0 Å². The largest absolute Gasteiger partial charge is 0.383 e. The van der Waals surface area contributed by atoms with E-state index in [1.165, 1.54) is 16.9 Å². The number of nitrogen functional groups attached to an aromatic ring is 1. The Bertz CT molecular complexity index is 1240. The Labute approximate surface area is 165 Å². The van der Waals surface area contributed by atoms with Crippen LogP contribution < -0.4 is 11.5 Å². The molecule has 0 aliphatic heterocycles. The third kappa shape index (κ3) is 3.53. The fourth-order valence-electron chi connectivity index (χ4n) is 2.98. The third-order valence-corrected chi connectivity index (χ3v) is 4.43. The Hall–Kier alpha value is -4.14. The van der Waals surface area contributed by atoms with Gasteiger partial charge in [0.2, 0.25) is 5.82 Å². The van der Waals surface area contributed by atoms with Gasteiger partial charge in [-0.1, -0.05) is 24.3 Å². The number of halogens is 1. The van der Waals surface area contributed by atoms with Crippen molar-refractivity contribution >= 4 is 11.7 Å². The van der Waals surface area contributed by atoms with Crippen LogP contribution in [0.1, 0.15) is 10.4 Å². The van der Waals surface area contributed by atoms with Crippen molar-refractivity contribution in [3.05, 3.63) is 66.1 Å². The monoisotopic (exact) mass is 389 g/mol. The Morgan fingerprint density at radius 1 is 1.03 bits per heavy atom. The van der Waals surface area contributed by atoms with E-state index in [4.69, 9.17) is 11.5 Å². The quantitative estimate of drug-likeness (QED) is 0.552. The fraction of sp³-hybridized carbons (Fsp3) is 0.0500. The Morgan fingerprint density at radius 2 is 1.83 bits per heavy atom. The van der Waals surface area contributed by atoms with Crippen molar-refractivity contribution in [2.24, 2.45) is 12.8 Å². The number of pyridine rings is 1. The van der Waals surface area contributed by atoms with E-state index in [1.807, 2.05) is 30.3 Å². The summed E-state index contributed by atoms with van der Waals surface area (Å²) in [4.78, 5) is 16.9. The molecule has 2 aromatic carbocycles. The van der Waals surface area contributed by atoms with Crippen LogP contribution in [0.4, 0.5) is 10.2 Å². The lowest BCUT2D eigenvalue weighted by atomic mass is 9.98. The molecule has 0 saturated heterocycles. The molecule has 0 fully saturated rings. The fourth-order valence-corrected chi connectivity index (χ4v) is 2.98. The number of nitrogens with two attached hydrogens (primary N) is 2. The summed E-state index contributed by atoms with van der Waals surface area (Å²) in [5.41, 5.74) is 14.5. The molecule has 8 nitrogen and oxygen atoms in total. The van der Waals surface area contributed by atoms with E-state index in [2.05, 4.69) is 20.4 Å². The summed E-state index contributed by atoms with van der Waals surface area (Å²) < 4.78 is 14.2. The maximum absolute atomic E-state index is 14.2. The highest BCUT2D eigenvalue weighted by atomic mass is 19.1. The van der Waals surface area contributed by atoms with Gasteiger partial charge in [-0.05, 0) is 40.6 Å². The van der Waals surface area contributed by atoms with Crippen LogP contribution in [-0.2, 0) is 7.05 Å². The van der Waals surface area contributed by atoms with Crippen LogP contribution in [0.5, 0.6) is 0 Å². The summed E-state index contributed by atoms with van der Waals surface area (Å²) in [5.74, 6) is -0.798. The summed E-state index contributed by atoms with van der Waals surface area (Å²) in [7, 11) is 1.69. The molecule has 0 aliphatic rings. The molecule has 0 saturated carbocycles. The zero-order valence-corrected chi connectivity index (χ0v) is 15.4. The molecule has 9 heteroatoms. The molecule has 0 atom stereocenters. The van der Waals surface area contributed by atoms with Crippen molar-refractivity contribution in [1.82, 2.24) is 25.2 Å². The average Bonchev–Trinajstić information content (AvgIpc) is 3.14. The van der Waals surface area contributed by atoms with Gasteiger partial charge < -0.3 is 11.5 Å². The minimum atomic E-state index is -0.830. The highest BCUT2D eigenvalue weighted by Crippen LogP contribution is 2.31. The van der Waals surface area contributed by atoms with Crippen LogP contribution >= 0.6 is 0 Å². The van der Waals surface area contributed by atoms with Gasteiger partial charge in [-0.15, -0.1) is 10.2 Å². The molecular weight excluding hydrogens is 373 g/mol. The number of nitrogens with zero attached hydrogens (tertiary/aromatic N) is 5. The number of carbonyl (C=O) groups is 1. The van der Waals surface area contributed by atoms with E-state index < -0.39 is 11.7 Å². The van der Waals surface area contributed by atoms with E-state index in [9.17, 15) is 9.18 Å². The zero-order chi connectivity index (χ0) is 20.5. The van der Waals surface area contributed by atoms with Crippen molar-refractivity contribution < 1.29 is 9.18 Å². The van der Waals surface area contributed by atoms with Gasteiger partial charge >= 0.3 is 0 Å². The van der Waals surface area contributed by atoms with Crippen molar-refractivity contribution in [2.45, 2.75) is 0 Å². The number of primary amides is 1. The number of benzene rings is 2. The molecule has 0 unspecified atom stereocenters. The molecule has 0 bridgehead atoms. The molecule has 2 aromatic heterocycles. The number of rotatable bonds is 4. The van der Waals surface area contributed by atoms with Crippen molar-refractivity contribution in [2.75, 3.05) is 5.73 Å². The lowest BCUT2D eigenvalue weighted by Gasteiger charge is -2.10. The molecule has 4 rings (SSSR count). The Morgan fingerprint density at radius 3 is 2.52 bits per heavy atom. The summed E-state index contributed by atoms with van der Waals surface area (Å²) in [6.45, 7) is 0. The van der Waals surface area contributed by atoms with Gasteiger partial charge in [0.05, 0.1) is 12.6 Å². The SMILES string of the molecule is Cn1nnc(-c2cccc(-c3cnc(N)c(-c4ccc(C(N)=O)c(F)c4)c3)c2)n1. The predicted molar refractivity (Wildman–Crippen MR) is 106 cm³/mol. The standard InChI is InChI=1S/C20H16FN7O/c1-28-26-20(25-27-28)13-4-2-3-11(7-13)14-8-16(18(22)24-10-14)12-5-6-15(19(23)29)17(21)9-12/h2-10H,1H3,(H2,22,24)(H2,23,29). The van der Waals surface area contributed by atoms with Crippen LogP contribution in [0, 0.1) is 5.82 Å². The minimum Gasteiger partial charge on any atom is -0.383 e. The van der Waals surface area contributed by atoms with E-state index in [0.29, 0.717) is 17.0 Å². The van der Waals surface area contributed by atoms with Gasteiger partial charge in [-0.2, -0.15) is 4.80 Å². The molecule has 4 N–H and O–H groups in total. The first-order valence-corrected chi connectivity index (χ1v) is 8.62. The van der Waals surface area contributed by atoms with Crippen LogP contribution in [0.15, 0.2) is 54.7 Å². The Kier molecular flexibility index (Phi) is 4.47. The average molecular weight is 389 g/mol. The molecule has 29 heavy (non-hydrogen) atoms. The van der Waals surface area contributed by atoms with Crippen molar-refractivity contribution in [3.63, 3.8) is 0 Å². The third-order valence-electron chi connectivity index (χ3n) is 4.43. The molecule has 1 amide bonds. The molecule has 0 radical (unpaired) electrons. The van der Waals surface area contributed by atoms with Crippen LogP contribution in [0.25, 0.3) is 33.6 Å². The number of hydrogen-bond acceptors (Lipinski definition) is 6. The second-order valence-electron chi connectivity index (χ2n) is 6.40. The number of aromatic nitrogens is 5. The van der Waals surface area contributed by atoms with E-state index in [0.717, 1.165) is 16.7 Å². The lowest BCUT2D eigenvalue weighted by molar-refractivity contribution is 0.0996. The van der Waals surface area contributed by atoms with Gasteiger partial charge in [0.1, 0.15) is 11.6 Å². The second-order valence-corrected chi connectivity index (χ2v) is 6.40. The van der Waals surface area contributed by atoms with Gasteiger partial charge in [-0.25, -0.2) is 9.37 Å². The summed E-state index contributed by atoms with van der Waals surface area (Å²) >= 11 is 0. The van der Waals surface area contributed by atoms with Crippen LogP contribution in [0.3, 0.4) is 0 Å². The highest BCUT2D eigenvalue weighted by Gasteiger charge is 2.13.